The molecule has 0 aromatic heterocycles. The Morgan fingerprint density at radius 3 is 2.78 bits per heavy atom. The molecule has 5 nitrogen and oxygen atoms in total. The maximum absolute atomic E-state index is 12.7. The van der Waals surface area contributed by atoms with E-state index in [1.165, 1.54) is 0 Å². The predicted molar refractivity (Wildman–Crippen MR) is 86.6 cm³/mol. The SMILES string of the molecule is C[C@@H](N)C(=O)N1[C@H](c2cccc(Cl)c2)CC[C@@H]1C1(C#N)COC1. The summed E-state index contributed by atoms with van der Waals surface area (Å²) in [6, 6.07) is 9.06. The number of carbonyl (C=O) groups excluding carboxylic acids is 1. The van der Waals surface area contributed by atoms with Crippen molar-refractivity contribution in [3.05, 3.63) is 34.9 Å². The molecule has 1 amide bonds. The average molecular weight is 334 g/mol. The summed E-state index contributed by atoms with van der Waals surface area (Å²) in [6.45, 7) is 2.43. The average Bonchev–Trinajstić information content (AvgIpc) is 2.91. The number of amides is 1. The second-order valence-electron chi connectivity index (χ2n) is 6.46. The highest BCUT2D eigenvalue weighted by Crippen LogP contribution is 2.46. The van der Waals surface area contributed by atoms with E-state index < -0.39 is 11.5 Å². The van der Waals surface area contributed by atoms with Crippen LogP contribution in [0.25, 0.3) is 0 Å². The number of ether oxygens (including phenoxy) is 1. The quantitative estimate of drug-likeness (QED) is 0.920. The number of nitrogens with zero attached hydrogens (tertiary/aromatic N) is 2. The van der Waals surface area contributed by atoms with Crippen LogP contribution in [0.15, 0.2) is 24.3 Å². The van der Waals surface area contributed by atoms with Crippen LogP contribution in [-0.2, 0) is 9.53 Å². The fourth-order valence-electron chi connectivity index (χ4n) is 3.59. The van der Waals surface area contributed by atoms with E-state index in [0.717, 1.165) is 18.4 Å². The molecule has 2 saturated heterocycles. The van der Waals surface area contributed by atoms with Gasteiger partial charge in [0.15, 0.2) is 0 Å². The lowest BCUT2D eigenvalue weighted by Gasteiger charge is -2.45. The summed E-state index contributed by atoms with van der Waals surface area (Å²) in [5.74, 6) is -0.126. The van der Waals surface area contributed by atoms with Crippen molar-refractivity contribution < 1.29 is 9.53 Å². The first-order chi connectivity index (χ1) is 11.0. The molecule has 1 aromatic carbocycles. The minimum Gasteiger partial charge on any atom is -0.378 e. The van der Waals surface area contributed by atoms with Crippen molar-refractivity contribution in [2.75, 3.05) is 13.2 Å². The molecule has 3 rings (SSSR count). The Bertz CT molecular complexity index is 651. The van der Waals surface area contributed by atoms with Crippen LogP contribution in [0.1, 0.15) is 31.4 Å². The number of rotatable bonds is 3. The molecule has 2 aliphatic heterocycles. The Labute approximate surface area is 141 Å². The first kappa shape index (κ1) is 16.3. The van der Waals surface area contributed by atoms with Gasteiger partial charge in [-0.05, 0) is 37.5 Å². The van der Waals surface area contributed by atoms with E-state index in [0.29, 0.717) is 18.2 Å². The van der Waals surface area contributed by atoms with E-state index in [2.05, 4.69) is 6.07 Å². The molecule has 2 aliphatic rings. The van der Waals surface area contributed by atoms with Crippen LogP contribution >= 0.6 is 11.6 Å². The van der Waals surface area contributed by atoms with Crippen LogP contribution < -0.4 is 5.73 Å². The molecule has 0 radical (unpaired) electrons. The van der Waals surface area contributed by atoms with Gasteiger partial charge in [-0.2, -0.15) is 5.26 Å². The Hall–Kier alpha value is -1.61. The zero-order chi connectivity index (χ0) is 16.6. The summed E-state index contributed by atoms with van der Waals surface area (Å²) in [5.41, 5.74) is 6.24. The molecule has 0 aliphatic carbocycles. The monoisotopic (exact) mass is 333 g/mol. The summed E-state index contributed by atoms with van der Waals surface area (Å²) in [6.07, 6.45) is 1.57. The van der Waals surface area contributed by atoms with E-state index >= 15 is 0 Å². The topological polar surface area (TPSA) is 79.4 Å². The Balaban J connectivity index is 1.97. The molecular formula is C17H20ClN3O2. The highest BCUT2D eigenvalue weighted by molar-refractivity contribution is 6.30. The fraction of sp³-hybridized carbons (Fsp3) is 0.529. The zero-order valence-electron chi connectivity index (χ0n) is 13.0. The van der Waals surface area contributed by atoms with Crippen LogP contribution in [0, 0.1) is 16.7 Å². The van der Waals surface area contributed by atoms with E-state index in [9.17, 15) is 10.1 Å². The number of nitriles is 1. The molecule has 0 spiro atoms. The van der Waals surface area contributed by atoms with Gasteiger partial charge in [0.05, 0.1) is 37.4 Å². The third-order valence-electron chi connectivity index (χ3n) is 4.84. The third kappa shape index (κ3) is 2.72. The summed E-state index contributed by atoms with van der Waals surface area (Å²) in [5, 5.41) is 10.3. The normalized spacial score (nSPS) is 27.1. The zero-order valence-corrected chi connectivity index (χ0v) is 13.8. The van der Waals surface area contributed by atoms with Crippen LogP contribution in [0.4, 0.5) is 0 Å². The lowest BCUT2D eigenvalue weighted by Crippen LogP contribution is -2.58. The minimum absolute atomic E-state index is 0.0944. The van der Waals surface area contributed by atoms with E-state index in [1.807, 2.05) is 29.2 Å². The molecule has 2 heterocycles. The molecule has 2 fully saturated rings. The second kappa shape index (κ2) is 6.12. The number of hydrogen-bond donors (Lipinski definition) is 1. The van der Waals surface area contributed by atoms with Crippen molar-refractivity contribution >= 4 is 17.5 Å². The minimum atomic E-state index is -0.613. The fourth-order valence-corrected chi connectivity index (χ4v) is 3.79. The molecule has 122 valence electrons. The second-order valence-corrected chi connectivity index (χ2v) is 6.90. The maximum Gasteiger partial charge on any atom is 0.240 e. The van der Waals surface area contributed by atoms with Gasteiger partial charge in [0.1, 0.15) is 5.41 Å². The van der Waals surface area contributed by atoms with Gasteiger partial charge >= 0.3 is 0 Å². The molecule has 0 saturated carbocycles. The Morgan fingerprint density at radius 1 is 1.52 bits per heavy atom. The largest absolute Gasteiger partial charge is 0.378 e. The lowest BCUT2D eigenvalue weighted by molar-refractivity contribution is -0.150. The molecular weight excluding hydrogens is 314 g/mol. The first-order valence-corrected chi connectivity index (χ1v) is 8.18. The first-order valence-electron chi connectivity index (χ1n) is 7.81. The highest BCUT2D eigenvalue weighted by atomic mass is 35.5. The maximum atomic E-state index is 12.7. The molecule has 1 aromatic rings. The van der Waals surface area contributed by atoms with E-state index in [1.54, 1.807) is 6.92 Å². The Morgan fingerprint density at radius 2 is 2.26 bits per heavy atom. The summed E-state index contributed by atoms with van der Waals surface area (Å²) >= 11 is 6.10. The van der Waals surface area contributed by atoms with Crippen LogP contribution in [0.5, 0.6) is 0 Å². The summed E-state index contributed by atoms with van der Waals surface area (Å²) < 4.78 is 5.28. The number of halogens is 1. The van der Waals surface area contributed by atoms with Crippen LogP contribution in [0.2, 0.25) is 5.02 Å². The predicted octanol–water partition coefficient (Wildman–Crippen LogP) is 2.26. The number of likely N-dealkylation sites (tertiary alicyclic amines) is 1. The molecule has 6 heteroatoms. The summed E-state index contributed by atoms with van der Waals surface area (Å²) in [7, 11) is 0. The number of nitrogens with two attached hydrogens (primary N) is 1. The van der Waals surface area contributed by atoms with Gasteiger partial charge in [0.25, 0.3) is 0 Å². The van der Waals surface area contributed by atoms with Gasteiger partial charge in [-0.15, -0.1) is 0 Å². The van der Waals surface area contributed by atoms with Gasteiger partial charge in [-0.3, -0.25) is 4.79 Å². The van der Waals surface area contributed by atoms with E-state index in [4.69, 9.17) is 22.1 Å². The van der Waals surface area contributed by atoms with Gasteiger partial charge in [-0.1, -0.05) is 23.7 Å². The van der Waals surface area contributed by atoms with Gasteiger partial charge in [-0.25, -0.2) is 0 Å². The van der Waals surface area contributed by atoms with Crippen molar-refractivity contribution in [3.8, 4) is 6.07 Å². The smallest absolute Gasteiger partial charge is 0.240 e. The van der Waals surface area contributed by atoms with Gasteiger partial charge in [0.2, 0.25) is 5.91 Å². The highest BCUT2D eigenvalue weighted by Gasteiger charge is 2.54. The molecule has 2 N–H and O–H groups in total. The molecule has 3 atom stereocenters. The third-order valence-corrected chi connectivity index (χ3v) is 5.08. The van der Waals surface area contributed by atoms with Crippen molar-refractivity contribution in [2.24, 2.45) is 11.1 Å². The van der Waals surface area contributed by atoms with Crippen molar-refractivity contribution in [3.63, 3.8) is 0 Å². The summed E-state index contributed by atoms with van der Waals surface area (Å²) in [4.78, 5) is 14.6. The van der Waals surface area contributed by atoms with Gasteiger partial charge in [0, 0.05) is 5.02 Å². The molecule has 0 bridgehead atoms. The van der Waals surface area contributed by atoms with Crippen LogP contribution in [0.3, 0.4) is 0 Å². The van der Waals surface area contributed by atoms with Gasteiger partial charge < -0.3 is 15.4 Å². The Kier molecular flexibility index (Phi) is 4.33. The van der Waals surface area contributed by atoms with Crippen LogP contribution in [-0.4, -0.2) is 36.1 Å². The van der Waals surface area contributed by atoms with Crippen molar-refractivity contribution in [1.29, 1.82) is 5.26 Å². The number of carbonyl (C=O) groups is 1. The molecule has 23 heavy (non-hydrogen) atoms. The number of benzene rings is 1. The van der Waals surface area contributed by atoms with E-state index in [-0.39, 0.29) is 18.0 Å². The number of hydrogen-bond acceptors (Lipinski definition) is 4. The van der Waals surface area contributed by atoms with Crippen molar-refractivity contribution in [2.45, 2.75) is 37.9 Å². The molecule has 0 unspecified atom stereocenters. The standard InChI is InChI=1S/C17H20ClN3O2/c1-11(20)16(22)21-14(12-3-2-4-13(18)7-12)5-6-15(21)17(8-19)9-23-10-17/h2-4,7,11,14-15H,5-6,9-10,20H2,1H3/t11-,14+,15-/m1/s1. The van der Waals surface area contributed by atoms with Crippen molar-refractivity contribution in [1.82, 2.24) is 4.90 Å². The lowest BCUT2D eigenvalue weighted by atomic mass is 9.78.